The lowest BCUT2D eigenvalue weighted by Crippen LogP contribution is -2.13. The zero-order valence-corrected chi connectivity index (χ0v) is 11.6. The van der Waals surface area contributed by atoms with Gasteiger partial charge < -0.3 is 10.1 Å². The Labute approximate surface area is 126 Å². The summed E-state index contributed by atoms with van der Waals surface area (Å²) < 4.78 is 0. The van der Waals surface area contributed by atoms with Crippen LogP contribution in [-0.2, 0) is 0 Å². The molecule has 0 saturated carbocycles. The van der Waals surface area contributed by atoms with Gasteiger partial charge in [-0.25, -0.2) is 4.79 Å². The van der Waals surface area contributed by atoms with E-state index < -0.39 is 5.97 Å². The highest BCUT2D eigenvalue weighted by molar-refractivity contribution is 6.01. The van der Waals surface area contributed by atoms with Gasteiger partial charge >= 0.3 is 5.97 Å². The predicted molar refractivity (Wildman–Crippen MR) is 84.9 cm³/mol. The van der Waals surface area contributed by atoms with Gasteiger partial charge in [-0.05, 0) is 11.1 Å². The van der Waals surface area contributed by atoms with E-state index in [9.17, 15) is 14.7 Å². The van der Waals surface area contributed by atoms with Crippen LogP contribution >= 0.6 is 0 Å². The first-order valence-electron chi connectivity index (χ1n) is 6.78. The van der Waals surface area contributed by atoms with Crippen molar-refractivity contribution in [3.8, 4) is 22.4 Å². The summed E-state index contributed by atoms with van der Waals surface area (Å²) >= 11 is 0. The molecule has 0 amide bonds. The molecule has 4 heteroatoms. The lowest BCUT2D eigenvalue weighted by atomic mass is 9.96. The maximum Gasteiger partial charge on any atom is 0.338 e. The molecule has 0 spiro atoms. The smallest absolute Gasteiger partial charge is 0.338 e. The third-order valence-electron chi connectivity index (χ3n) is 3.40. The number of hydrogen-bond acceptors (Lipinski definition) is 2. The molecule has 4 nitrogen and oxygen atoms in total. The molecule has 3 aromatic rings. The second-order valence-corrected chi connectivity index (χ2v) is 4.83. The molecular weight excluding hydrogens is 278 g/mol. The maximum absolute atomic E-state index is 12.0. The summed E-state index contributed by atoms with van der Waals surface area (Å²) in [5.74, 6) is -1.08. The molecule has 108 valence electrons. The molecule has 0 aliphatic rings. The van der Waals surface area contributed by atoms with E-state index in [1.54, 1.807) is 36.4 Å². The lowest BCUT2D eigenvalue weighted by molar-refractivity contribution is 0.0698. The van der Waals surface area contributed by atoms with Crippen LogP contribution in [0.15, 0.2) is 71.5 Å². The molecule has 22 heavy (non-hydrogen) atoms. The van der Waals surface area contributed by atoms with Crippen molar-refractivity contribution in [1.82, 2.24) is 4.98 Å². The summed E-state index contributed by atoms with van der Waals surface area (Å²) in [6.45, 7) is 0. The molecule has 0 fully saturated rings. The number of carbonyl (C=O) groups is 1. The number of carboxylic acids is 1. The highest BCUT2D eigenvalue weighted by atomic mass is 16.4. The monoisotopic (exact) mass is 291 g/mol. The largest absolute Gasteiger partial charge is 0.478 e. The van der Waals surface area contributed by atoms with Crippen LogP contribution < -0.4 is 5.56 Å². The van der Waals surface area contributed by atoms with E-state index in [0.29, 0.717) is 22.4 Å². The van der Waals surface area contributed by atoms with Crippen molar-refractivity contribution in [3.05, 3.63) is 82.6 Å². The summed E-state index contributed by atoms with van der Waals surface area (Å²) in [6, 6.07) is 19.3. The lowest BCUT2D eigenvalue weighted by Gasteiger charge is -2.11. The van der Waals surface area contributed by atoms with E-state index in [1.165, 1.54) is 6.07 Å². The average molecular weight is 291 g/mol. The van der Waals surface area contributed by atoms with Crippen LogP contribution in [-0.4, -0.2) is 16.1 Å². The molecule has 0 aliphatic heterocycles. The first-order valence-corrected chi connectivity index (χ1v) is 6.78. The summed E-state index contributed by atoms with van der Waals surface area (Å²) in [6.07, 6.45) is 0. The van der Waals surface area contributed by atoms with Crippen LogP contribution in [0, 0.1) is 0 Å². The summed E-state index contributed by atoms with van der Waals surface area (Å²) in [5.41, 5.74) is 1.85. The second kappa shape index (κ2) is 5.69. The van der Waals surface area contributed by atoms with E-state index in [2.05, 4.69) is 4.98 Å². The Morgan fingerprint density at radius 3 is 1.95 bits per heavy atom. The number of aromatic nitrogens is 1. The van der Waals surface area contributed by atoms with Gasteiger partial charge in [-0.1, -0.05) is 60.7 Å². The van der Waals surface area contributed by atoms with Gasteiger partial charge in [-0.3, -0.25) is 4.79 Å². The molecule has 1 aromatic heterocycles. The fourth-order valence-electron chi connectivity index (χ4n) is 2.45. The Balaban J connectivity index is 2.35. The van der Waals surface area contributed by atoms with Gasteiger partial charge in [0.05, 0.1) is 11.3 Å². The number of nitrogens with one attached hydrogen (secondary N) is 1. The fourth-order valence-corrected chi connectivity index (χ4v) is 2.45. The van der Waals surface area contributed by atoms with Crippen molar-refractivity contribution < 1.29 is 9.90 Å². The quantitative estimate of drug-likeness (QED) is 0.777. The van der Waals surface area contributed by atoms with Crippen LogP contribution in [0.4, 0.5) is 0 Å². The molecule has 0 radical (unpaired) electrons. The molecule has 0 unspecified atom stereocenters. The average Bonchev–Trinajstić information content (AvgIpc) is 2.55. The van der Waals surface area contributed by atoms with Crippen LogP contribution in [0.25, 0.3) is 22.4 Å². The number of aromatic carboxylic acids is 1. The van der Waals surface area contributed by atoms with E-state index >= 15 is 0 Å². The number of hydrogen-bond donors (Lipinski definition) is 2. The molecule has 2 N–H and O–H groups in total. The van der Waals surface area contributed by atoms with Crippen molar-refractivity contribution >= 4 is 5.97 Å². The standard InChI is InChI=1S/C18H13NO3/c20-15-11-14(12-7-3-1-4-8-12)16(18(21)22)17(19-15)13-9-5-2-6-10-13/h1-11H,(H,19,20)(H,21,22). The number of rotatable bonds is 3. The van der Waals surface area contributed by atoms with Crippen molar-refractivity contribution in [3.63, 3.8) is 0 Å². The van der Waals surface area contributed by atoms with Gasteiger partial charge in [0.2, 0.25) is 5.56 Å². The Bertz CT molecular complexity index is 804. The van der Waals surface area contributed by atoms with E-state index in [4.69, 9.17) is 0 Å². The van der Waals surface area contributed by atoms with Crippen molar-refractivity contribution in [2.75, 3.05) is 0 Å². The number of pyridine rings is 1. The minimum Gasteiger partial charge on any atom is -0.478 e. The van der Waals surface area contributed by atoms with Crippen molar-refractivity contribution in [2.24, 2.45) is 0 Å². The van der Waals surface area contributed by atoms with Gasteiger partial charge in [0.1, 0.15) is 0 Å². The van der Waals surface area contributed by atoms with Crippen molar-refractivity contribution in [1.29, 1.82) is 0 Å². The molecular formula is C18H13NO3. The highest BCUT2D eigenvalue weighted by Crippen LogP contribution is 2.29. The summed E-state index contributed by atoms with van der Waals surface area (Å²) in [4.78, 5) is 26.4. The van der Waals surface area contributed by atoms with Crippen LogP contribution in [0.2, 0.25) is 0 Å². The van der Waals surface area contributed by atoms with Crippen LogP contribution in [0.5, 0.6) is 0 Å². The Morgan fingerprint density at radius 2 is 1.41 bits per heavy atom. The Kier molecular flexibility index (Phi) is 3.58. The minimum absolute atomic E-state index is 0.0944. The number of benzene rings is 2. The van der Waals surface area contributed by atoms with Gasteiger partial charge in [0.25, 0.3) is 0 Å². The second-order valence-electron chi connectivity index (χ2n) is 4.83. The molecule has 0 saturated heterocycles. The Hall–Kier alpha value is -3.14. The summed E-state index contributed by atoms with van der Waals surface area (Å²) in [5, 5.41) is 9.64. The third-order valence-corrected chi connectivity index (χ3v) is 3.40. The number of H-pyrrole nitrogens is 1. The van der Waals surface area contributed by atoms with E-state index in [0.717, 1.165) is 0 Å². The normalized spacial score (nSPS) is 10.4. The fraction of sp³-hybridized carbons (Fsp3) is 0. The molecule has 0 atom stereocenters. The van der Waals surface area contributed by atoms with Gasteiger partial charge in [-0.15, -0.1) is 0 Å². The highest BCUT2D eigenvalue weighted by Gasteiger charge is 2.19. The first kappa shape index (κ1) is 13.8. The molecule has 3 rings (SSSR count). The first-order chi connectivity index (χ1) is 10.7. The Morgan fingerprint density at radius 1 is 0.864 bits per heavy atom. The third kappa shape index (κ3) is 2.54. The predicted octanol–water partition coefficient (Wildman–Crippen LogP) is 3.41. The van der Waals surface area contributed by atoms with Crippen LogP contribution in [0.1, 0.15) is 10.4 Å². The van der Waals surface area contributed by atoms with Crippen LogP contribution in [0.3, 0.4) is 0 Å². The SMILES string of the molecule is O=C(O)c1c(-c2ccccc2)cc(=O)[nH]c1-c1ccccc1. The molecule has 2 aromatic carbocycles. The summed E-state index contributed by atoms with van der Waals surface area (Å²) in [7, 11) is 0. The number of aromatic amines is 1. The van der Waals surface area contributed by atoms with Crippen molar-refractivity contribution in [2.45, 2.75) is 0 Å². The zero-order valence-electron chi connectivity index (χ0n) is 11.6. The van der Waals surface area contributed by atoms with Gasteiger partial charge in [0, 0.05) is 11.6 Å². The molecule has 1 heterocycles. The number of carboxylic acid groups (broad SMARTS) is 1. The van der Waals surface area contributed by atoms with Gasteiger partial charge in [-0.2, -0.15) is 0 Å². The zero-order chi connectivity index (χ0) is 15.5. The minimum atomic E-state index is -1.08. The maximum atomic E-state index is 12.0. The molecule has 0 aliphatic carbocycles. The topological polar surface area (TPSA) is 70.2 Å². The molecule has 0 bridgehead atoms. The van der Waals surface area contributed by atoms with E-state index in [1.807, 2.05) is 24.3 Å². The van der Waals surface area contributed by atoms with Gasteiger partial charge in [0.15, 0.2) is 0 Å². The van der Waals surface area contributed by atoms with E-state index in [-0.39, 0.29) is 11.1 Å².